The normalized spacial score (nSPS) is 16.8. The van der Waals surface area contributed by atoms with Gasteiger partial charge in [0, 0.05) is 19.6 Å². The van der Waals surface area contributed by atoms with Gasteiger partial charge in [-0.3, -0.25) is 4.99 Å². The summed E-state index contributed by atoms with van der Waals surface area (Å²) >= 11 is 0. The zero-order chi connectivity index (χ0) is 14.9. The van der Waals surface area contributed by atoms with Gasteiger partial charge in [-0.15, -0.1) is 0 Å². The Bertz CT molecular complexity index is 453. The fourth-order valence-corrected chi connectivity index (χ4v) is 2.83. The number of guanidine groups is 1. The summed E-state index contributed by atoms with van der Waals surface area (Å²) in [7, 11) is 1.81. The Morgan fingerprint density at radius 1 is 1.29 bits per heavy atom. The van der Waals surface area contributed by atoms with E-state index in [1.54, 1.807) is 12.1 Å². The first-order valence-corrected chi connectivity index (χ1v) is 7.99. The van der Waals surface area contributed by atoms with Crippen molar-refractivity contribution in [3.8, 4) is 0 Å². The summed E-state index contributed by atoms with van der Waals surface area (Å²) in [5, 5.41) is 6.84. The third-order valence-corrected chi connectivity index (χ3v) is 3.99. The molecule has 0 atom stereocenters. The molecule has 0 aromatic heterocycles. The summed E-state index contributed by atoms with van der Waals surface area (Å²) in [6.07, 6.45) is 8.31. The van der Waals surface area contributed by atoms with E-state index in [-0.39, 0.29) is 5.82 Å². The third kappa shape index (κ3) is 5.74. The highest BCUT2D eigenvalue weighted by atomic mass is 19.1. The molecule has 0 saturated heterocycles. The van der Waals surface area contributed by atoms with Gasteiger partial charge in [-0.25, -0.2) is 4.39 Å². The molecule has 1 saturated carbocycles. The van der Waals surface area contributed by atoms with E-state index in [0.717, 1.165) is 30.9 Å². The quantitative estimate of drug-likeness (QED) is 0.496. The van der Waals surface area contributed by atoms with Gasteiger partial charge in [0.05, 0.1) is 0 Å². The minimum absolute atomic E-state index is 0.157. The van der Waals surface area contributed by atoms with Crippen LogP contribution in [0, 0.1) is 5.82 Å². The highest BCUT2D eigenvalue weighted by Gasteiger charge is 2.14. The molecule has 0 bridgehead atoms. The molecule has 1 fully saturated rings. The summed E-state index contributed by atoms with van der Waals surface area (Å²) < 4.78 is 13.1. The number of rotatable bonds is 5. The molecule has 1 aliphatic rings. The molecule has 1 aliphatic carbocycles. The van der Waals surface area contributed by atoms with E-state index in [0.29, 0.717) is 6.04 Å². The first-order valence-electron chi connectivity index (χ1n) is 7.99. The number of nitrogens with one attached hydrogen (secondary N) is 2. The lowest BCUT2D eigenvalue weighted by Gasteiger charge is -2.24. The predicted molar refractivity (Wildman–Crippen MR) is 86.1 cm³/mol. The second-order valence-corrected chi connectivity index (χ2v) is 5.71. The number of aliphatic imine (C=N–C) groups is 1. The summed E-state index contributed by atoms with van der Waals surface area (Å²) in [6.45, 7) is 0.850. The largest absolute Gasteiger partial charge is 0.356 e. The Labute approximate surface area is 127 Å². The molecular formula is C17H26FN3. The molecule has 0 amide bonds. The minimum atomic E-state index is -0.157. The Balaban J connectivity index is 1.66. The van der Waals surface area contributed by atoms with Gasteiger partial charge < -0.3 is 10.6 Å². The fraction of sp³-hybridized carbons (Fsp3) is 0.588. The van der Waals surface area contributed by atoms with Crippen LogP contribution in [0.3, 0.4) is 0 Å². The number of hydrogen-bond donors (Lipinski definition) is 2. The van der Waals surface area contributed by atoms with Crippen molar-refractivity contribution in [1.82, 2.24) is 10.6 Å². The summed E-state index contributed by atoms with van der Waals surface area (Å²) in [6, 6.07) is 7.39. The lowest BCUT2D eigenvalue weighted by Crippen LogP contribution is -2.44. The molecule has 1 aromatic carbocycles. The maximum Gasteiger partial charge on any atom is 0.191 e. The monoisotopic (exact) mass is 291 g/mol. The van der Waals surface area contributed by atoms with Gasteiger partial charge >= 0.3 is 0 Å². The van der Waals surface area contributed by atoms with Crippen molar-refractivity contribution in [3.05, 3.63) is 35.6 Å². The smallest absolute Gasteiger partial charge is 0.191 e. The zero-order valence-electron chi connectivity index (χ0n) is 12.9. The predicted octanol–water partition coefficient (Wildman–Crippen LogP) is 3.26. The molecule has 0 heterocycles. The van der Waals surface area contributed by atoms with Gasteiger partial charge in [-0.1, -0.05) is 31.4 Å². The van der Waals surface area contributed by atoms with Crippen LogP contribution in [0.2, 0.25) is 0 Å². The average Bonchev–Trinajstić information content (AvgIpc) is 2.51. The summed E-state index contributed by atoms with van der Waals surface area (Å²) in [5.41, 5.74) is 1.05. The van der Waals surface area contributed by atoms with E-state index in [4.69, 9.17) is 0 Å². The minimum Gasteiger partial charge on any atom is -0.356 e. The Kier molecular flexibility index (Phi) is 6.51. The van der Waals surface area contributed by atoms with Crippen molar-refractivity contribution < 1.29 is 4.39 Å². The number of benzene rings is 1. The lowest BCUT2D eigenvalue weighted by molar-refractivity contribution is 0.410. The van der Waals surface area contributed by atoms with Crippen molar-refractivity contribution in [2.45, 2.75) is 51.0 Å². The van der Waals surface area contributed by atoms with E-state index in [1.807, 2.05) is 13.1 Å². The van der Waals surface area contributed by atoms with Crippen LogP contribution >= 0.6 is 0 Å². The lowest BCUT2D eigenvalue weighted by atomic mass is 9.96. The molecule has 0 aliphatic heterocycles. The van der Waals surface area contributed by atoms with Crippen LogP contribution < -0.4 is 10.6 Å². The van der Waals surface area contributed by atoms with Crippen molar-refractivity contribution in [2.75, 3.05) is 13.6 Å². The van der Waals surface area contributed by atoms with E-state index in [9.17, 15) is 4.39 Å². The molecule has 0 spiro atoms. The Hall–Kier alpha value is -1.58. The van der Waals surface area contributed by atoms with Crippen molar-refractivity contribution >= 4 is 5.96 Å². The third-order valence-electron chi connectivity index (χ3n) is 3.99. The summed E-state index contributed by atoms with van der Waals surface area (Å²) in [5.74, 6) is 0.733. The molecule has 116 valence electrons. The molecule has 2 N–H and O–H groups in total. The van der Waals surface area contributed by atoms with Gasteiger partial charge in [0.25, 0.3) is 0 Å². The number of nitrogens with zero attached hydrogens (tertiary/aromatic N) is 1. The van der Waals surface area contributed by atoms with Gasteiger partial charge in [0.2, 0.25) is 0 Å². The van der Waals surface area contributed by atoms with E-state index >= 15 is 0 Å². The van der Waals surface area contributed by atoms with Gasteiger partial charge in [0.1, 0.15) is 5.82 Å². The number of hydrogen-bond acceptors (Lipinski definition) is 1. The van der Waals surface area contributed by atoms with Crippen LogP contribution in [-0.4, -0.2) is 25.6 Å². The van der Waals surface area contributed by atoms with Crippen molar-refractivity contribution in [3.63, 3.8) is 0 Å². The van der Waals surface area contributed by atoms with Gasteiger partial charge in [0.15, 0.2) is 5.96 Å². The Morgan fingerprint density at radius 2 is 2.10 bits per heavy atom. The molecule has 1 aromatic rings. The first-order chi connectivity index (χ1) is 10.3. The highest BCUT2D eigenvalue weighted by molar-refractivity contribution is 5.79. The number of halogens is 1. The van der Waals surface area contributed by atoms with E-state index in [1.165, 1.54) is 38.2 Å². The Morgan fingerprint density at radius 3 is 2.81 bits per heavy atom. The topological polar surface area (TPSA) is 36.4 Å². The molecule has 2 rings (SSSR count). The average molecular weight is 291 g/mol. The standard InChI is InChI=1S/C17H26FN3/c1-19-17(21-16-10-3-2-4-11-16)20-12-6-8-14-7-5-9-15(18)13-14/h5,7,9,13,16H,2-4,6,8,10-12H2,1H3,(H2,19,20,21). The van der Waals surface area contributed by atoms with Crippen LogP contribution in [0.5, 0.6) is 0 Å². The second-order valence-electron chi connectivity index (χ2n) is 5.71. The van der Waals surface area contributed by atoms with Crippen molar-refractivity contribution in [2.24, 2.45) is 4.99 Å². The van der Waals surface area contributed by atoms with Crippen LogP contribution in [0.1, 0.15) is 44.1 Å². The SMILES string of the molecule is CN=C(NCCCc1cccc(F)c1)NC1CCCCC1. The maximum atomic E-state index is 13.1. The summed E-state index contributed by atoms with van der Waals surface area (Å²) in [4.78, 5) is 4.28. The van der Waals surface area contributed by atoms with Gasteiger partial charge in [-0.05, 0) is 43.4 Å². The molecule has 0 radical (unpaired) electrons. The molecule has 3 nitrogen and oxygen atoms in total. The zero-order valence-corrected chi connectivity index (χ0v) is 12.9. The van der Waals surface area contributed by atoms with E-state index in [2.05, 4.69) is 15.6 Å². The highest BCUT2D eigenvalue weighted by Crippen LogP contribution is 2.17. The number of aryl methyl sites for hydroxylation is 1. The molecule has 0 unspecified atom stereocenters. The van der Waals surface area contributed by atoms with Crippen LogP contribution in [0.15, 0.2) is 29.3 Å². The first kappa shape index (κ1) is 15.8. The second kappa shape index (κ2) is 8.65. The fourth-order valence-electron chi connectivity index (χ4n) is 2.83. The van der Waals surface area contributed by atoms with Gasteiger partial charge in [-0.2, -0.15) is 0 Å². The maximum absolute atomic E-state index is 13.1. The van der Waals surface area contributed by atoms with Crippen LogP contribution in [0.25, 0.3) is 0 Å². The van der Waals surface area contributed by atoms with Crippen LogP contribution in [-0.2, 0) is 6.42 Å². The molecule has 21 heavy (non-hydrogen) atoms. The molecule has 4 heteroatoms. The van der Waals surface area contributed by atoms with E-state index < -0.39 is 0 Å². The van der Waals surface area contributed by atoms with Crippen LogP contribution in [0.4, 0.5) is 4.39 Å². The molecular weight excluding hydrogens is 265 g/mol. The van der Waals surface area contributed by atoms with Crippen molar-refractivity contribution in [1.29, 1.82) is 0 Å².